The third-order valence-electron chi connectivity index (χ3n) is 5.02. The predicted molar refractivity (Wildman–Crippen MR) is 131 cm³/mol. The van der Waals surface area contributed by atoms with Crippen LogP contribution in [0.15, 0.2) is 108 Å². The van der Waals surface area contributed by atoms with Gasteiger partial charge in [-0.25, -0.2) is 4.99 Å². The molecule has 3 heterocycles. The summed E-state index contributed by atoms with van der Waals surface area (Å²) in [5.74, 6) is 2.24. The van der Waals surface area contributed by atoms with E-state index in [1.54, 1.807) is 36.7 Å². The zero-order valence-corrected chi connectivity index (χ0v) is 19.4. The van der Waals surface area contributed by atoms with Crippen molar-refractivity contribution < 1.29 is 18.0 Å². The Hall–Kier alpha value is -4.28. The van der Waals surface area contributed by atoms with Gasteiger partial charge < -0.3 is 18.0 Å². The third-order valence-corrected chi connectivity index (χ3v) is 5.55. The van der Waals surface area contributed by atoms with E-state index in [0.717, 1.165) is 15.6 Å². The lowest BCUT2D eigenvalue weighted by molar-refractivity contribution is 0.306. The molecule has 0 unspecified atom stereocenters. The van der Waals surface area contributed by atoms with Gasteiger partial charge in [0.05, 0.1) is 18.1 Å². The van der Waals surface area contributed by atoms with Crippen LogP contribution in [0.4, 0.5) is 5.88 Å². The molecule has 5 rings (SSSR count). The Balaban J connectivity index is 1.42. The first-order chi connectivity index (χ1) is 16.7. The maximum absolute atomic E-state index is 9.87. The van der Waals surface area contributed by atoms with Crippen LogP contribution in [-0.4, -0.2) is 6.21 Å². The summed E-state index contributed by atoms with van der Waals surface area (Å²) in [4.78, 5) is 4.46. The Labute approximate surface area is 203 Å². The number of halogens is 1. The topological polar surface area (TPSA) is 84.8 Å². The van der Waals surface area contributed by atoms with Crippen LogP contribution in [0.3, 0.4) is 0 Å². The second-order valence-corrected chi connectivity index (χ2v) is 8.21. The fourth-order valence-corrected chi connectivity index (χ4v) is 3.68. The van der Waals surface area contributed by atoms with Crippen LogP contribution >= 0.6 is 15.9 Å². The van der Waals surface area contributed by atoms with Gasteiger partial charge in [-0.15, -0.1) is 0 Å². The summed E-state index contributed by atoms with van der Waals surface area (Å²) in [5, 5.41) is 9.87. The van der Waals surface area contributed by atoms with E-state index >= 15 is 0 Å². The zero-order chi connectivity index (χ0) is 23.3. The zero-order valence-electron chi connectivity index (χ0n) is 17.8. The van der Waals surface area contributed by atoms with Gasteiger partial charge in [-0.1, -0.05) is 40.2 Å². The fraction of sp³-hybridized carbons (Fsp3) is 0.0370. The normalized spacial score (nSPS) is 11.1. The number of furan rings is 3. The Bertz CT molecular complexity index is 1460. The monoisotopic (exact) mass is 512 g/mol. The molecular weight excluding hydrogens is 496 g/mol. The van der Waals surface area contributed by atoms with Crippen molar-refractivity contribution in [3.05, 3.63) is 106 Å². The van der Waals surface area contributed by atoms with Crippen molar-refractivity contribution in [2.75, 3.05) is 0 Å². The Morgan fingerprint density at radius 3 is 2.41 bits per heavy atom. The molecule has 0 bridgehead atoms. The molecule has 0 spiro atoms. The molecule has 3 aromatic heterocycles. The van der Waals surface area contributed by atoms with E-state index in [2.05, 4.69) is 27.0 Å². The lowest BCUT2D eigenvalue weighted by Gasteiger charge is -2.07. The van der Waals surface area contributed by atoms with Crippen molar-refractivity contribution in [2.24, 2.45) is 4.99 Å². The average Bonchev–Trinajstić information content (AvgIpc) is 3.63. The summed E-state index contributed by atoms with van der Waals surface area (Å²) in [6.45, 7) is 0.448. The lowest BCUT2D eigenvalue weighted by atomic mass is 10.1. The van der Waals surface area contributed by atoms with Gasteiger partial charge in [0.25, 0.3) is 0 Å². The number of aliphatic imine (C=N–C) groups is 1. The number of hydrogen-bond acceptors (Lipinski definition) is 6. The van der Waals surface area contributed by atoms with Gasteiger partial charge in [0.15, 0.2) is 11.5 Å². The van der Waals surface area contributed by atoms with Gasteiger partial charge in [-0.3, -0.25) is 0 Å². The fourth-order valence-electron chi connectivity index (χ4n) is 3.42. The molecule has 0 radical (unpaired) electrons. The molecule has 0 N–H and O–H groups in total. The highest BCUT2D eigenvalue weighted by molar-refractivity contribution is 9.10. The number of nitrogens with zero attached hydrogens (tertiary/aromatic N) is 2. The third kappa shape index (κ3) is 4.58. The highest BCUT2D eigenvalue weighted by atomic mass is 79.9. The minimum Gasteiger partial charge on any atom is -0.489 e. The summed E-state index contributed by atoms with van der Waals surface area (Å²) in [6.07, 6.45) is 4.71. The molecule has 0 saturated heterocycles. The van der Waals surface area contributed by atoms with Gasteiger partial charge in [-0.2, -0.15) is 5.26 Å². The number of ether oxygens (including phenoxy) is 1. The van der Waals surface area contributed by atoms with E-state index in [1.165, 1.54) is 6.26 Å². The Morgan fingerprint density at radius 1 is 0.941 bits per heavy atom. The largest absolute Gasteiger partial charge is 0.489 e. The Kier molecular flexibility index (Phi) is 6.15. The SMILES string of the molecule is N#Cc1c(N=Cc2cccc(OCc3ccc(Br)cc3)c2)oc(-c2ccco2)c1-c1ccco1. The van der Waals surface area contributed by atoms with Crippen LogP contribution in [0.25, 0.3) is 22.8 Å². The van der Waals surface area contributed by atoms with Gasteiger partial charge in [-0.05, 0) is 59.7 Å². The number of nitriles is 1. The van der Waals surface area contributed by atoms with Crippen LogP contribution in [0.2, 0.25) is 0 Å². The summed E-state index contributed by atoms with van der Waals surface area (Å²) in [5.41, 5.74) is 2.63. The van der Waals surface area contributed by atoms with Crippen molar-refractivity contribution in [2.45, 2.75) is 6.61 Å². The van der Waals surface area contributed by atoms with Gasteiger partial charge in [0.2, 0.25) is 5.88 Å². The van der Waals surface area contributed by atoms with Crippen molar-refractivity contribution in [3.63, 3.8) is 0 Å². The second-order valence-electron chi connectivity index (χ2n) is 7.30. The highest BCUT2D eigenvalue weighted by Gasteiger charge is 2.25. The molecule has 34 heavy (non-hydrogen) atoms. The van der Waals surface area contributed by atoms with Gasteiger partial charge in [0.1, 0.15) is 29.7 Å². The van der Waals surface area contributed by atoms with E-state index in [9.17, 15) is 5.26 Å². The van der Waals surface area contributed by atoms with Crippen molar-refractivity contribution in [1.82, 2.24) is 0 Å². The first kappa shape index (κ1) is 21.6. The lowest BCUT2D eigenvalue weighted by Crippen LogP contribution is -1.95. The van der Waals surface area contributed by atoms with Crippen molar-refractivity contribution >= 4 is 28.0 Å². The summed E-state index contributed by atoms with van der Waals surface area (Å²) in [6, 6.07) is 24.7. The summed E-state index contributed by atoms with van der Waals surface area (Å²) < 4.78 is 23.9. The van der Waals surface area contributed by atoms with E-state index in [1.807, 2.05) is 48.5 Å². The molecule has 0 saturated carbocycles. The van der Waals surface area contributed by atoms with Crippen LogP contribution < -0.4 is 4.74 Å². The van der Waals surface area contributed by atoms with Gasteiger partial charge in [0, 0.05) is 10.7 Å². The van der Waals surface area contributed by atoms with E-state index in [4.69, 9.17) is 18.0 Å². The van der Waals surface area contributed by atoms with E-state index in [-0.39, 0.29) is 11.4 Å². The molecule has 0 aliphatic heterocycles. The molecule has 166 valence electrons. The van der Waals surface area contributed by atoms with Crippen molar-refractivity contribution in [3.8, 4) is 34.7 Å². The maximum atomic E-state index is 9.87. The average molecular weight is 513 g/mol. The van der Waals surface area contributed by atoms with Crippen molar-refractivity contribution in [1.29, 1.82) is 5.26 Å². The number of benzene rings is 2. The van der Waals surface area contributed by atoms with Crippen LogP contribution in [0, 0.1) is 11.3 Å². The minimum absolute atomic E-state index is 0.168. The first-order valence-electron chi connectivity index (χ1n) is 10.4. The molecule has 0 fully saturated rings. The smallest absolute Gasteiger partial charge is 0.238 e. The first-order valence-corrected chi connectivity index (χ1v) is 11.2. The standard InChI is InChI=1S/C27H17BrN2O4/c28-20-10-8-18(9-11-20)17-33-21-5-1-4-19(14-21)16-30-27-22(15-29)25(23-6-2-12-31-23)26(34-27)24-7-3-13-32-24/h1-14,16H,17H2. The summed E-state index contributed by atoms with van der Waals surface area (Å²) in [7, 11) is 0. The molecule has 0 aliphatic rings. The molecule has 6 nitrogen and oxygen atoms in total. The minimum atomic E-state index is 0.168. The molecular formula is C27H17BrN2O4. The van der Waals surface area contributed by atoms with Crippen LogP contribution in [0.1, 0.15) is 16.7 Å². The van der Waals surface area contributed by atoms with Gasteiger partial charge >= 0.3 is 0 Å². The second kappa shape index (κ2) is 9.69. The molecule has 2 aromatic carbocycles. The number of hydrogen-bond donors (Lipinski definition) is 0. The van der Waals surface area contributed by atoms with E-state index < -0.39 is 0 Å². The molecule has 0 atom stereocenters. The van der Waals surface area contributed by atoms with Crippen LogP contribution in [-0.2, 0) is 6.61 Å². The van der Waals surface area contributed by atoms with E-state index in [0.29, 0.717) is 35.2 Å². The molecule has 0 amide bonds. The van der Waals surface area contributed by atoms with Crippen LogP contribution in [0.5, 0.6) is 5.75 Å². The predicted octanol–water partition coefficient (Wildman–Crippen LogP) is 7.76. The Morgan fingerprint density at radius 2 is 1.71 bits per heavy atom. The highest BCUT2D eigenvalue weighted by Crippen LogP contribution is 2.42. The molecule has 5 aromatic rings. The number of rotatable bonds is 7. The molecule has 0 aliphatic carbocycles. The quantitative estimate of drug-likeness (QED) is 0.208. The maximum Gasteiger partial charge on any atom is 0.238 e. The summed E-state index contributed by atoms with van der Waals surface area (Å²) >= 11 is 3.43. The molecule has 7 heteroatoms.